The zero-order chi connectivity index (χ0) is 22.2. The number of ketones is 2. The van der Waals surface area contributed by atoms with Crippen LogP contribution in [0.5, 0.6) is 0 Å². The van der Waals surface area contributed by atoms with Crippen LogP contribution in [0.15, 0.2) is 79.0 Å². The highest BCUT2D eigenvalue weighted by molar-refractivity contribution is 6.28. The summed E-state index contributed by atoms with van der Waals surface area (Å²) >= 11 is 0. The van der Waals surface area contributed by atoms with Gasteiger partial charge >= 0.3 is 0 Å². The molecule has 0 fully saturated rings. The second kappa shape index (κ2) is 7.74. The molecule has 4 aromatic rings. The van der Waals surface area contributed by atoms with Crippen LogP contribution >= 0.6 is 0 Å². The summed E-state index contributed by atoms with van der Waals surface area (Å²) in [6.07, 6.45) is 1.74. The number of carbonyl (C=O) groups excluding carboxylic acids is 4. The van der Waals surface area contributed by atoms with Crippen molar-refractivity contribution in [3.8, 4) is 0 Å². The summed E-state index contributed by atoms with van der Waals surface area (Å²) in [7, 11) is 0. The normalized spacial score (nSPS) is 12.4. The molecule has 0 bridgehead atoms. The van der Waals surface area contributed by atoms with E-state index in [0.717, 1.165) is 10.9 Å². The highest BCUT2D eigenvalue weighted by Crippen LogP contribution is 2.29. The Kier molecular flexibility index (Phi) is 4.75. The Morgan fingerprint density at radius 1 is 0.719 bits per heavy atom. The Bertz CT molecular complexity index is 1430. The number of hydrogen-bond acceptors (Lipinski definition) is 4. The van der Waals surface area contributed by atoms with Crippen LogP contribution in [0.3, 0.4) is 0 Å². The van der Waals surface area contributed by atoms with E-state index >= 15 is 0 Å². The van der Waals surface area contributed by atoms with Crippen molar-refractivity contribution in [2.75, 3.05) is 5.32 Å². The first-order chi connectivity index (χ1) is 15.5. The Morgan fingerprint density at radius 2 is 1.38 bits per heavy atom. The van der Waals surface area contributed by atoms with E-state index in [1.807, 2.05) is 30.3 Å². The highest BCUT2D eigenvalue weighted by atomic mass is 16.2. The van der Waals surface area contributed by atoms with Crippen LogP contribution in [0.1, 0.15) is 49.5 Å². The largest absolute Gasteiger partial charge is 0.326 e. The second-order valence-corrected chi connectivity index (χ2v) is 7.65. The molecule has 0 spiro atoms. The lowest BCUT2D eigenvalue weighted by atomic mass is 9.84. The minimum Gasteiger partial charge on any atom is -0.326 e. The first kappa shape index (κ1) is 19.6. The fourth-order valence-electron chi connectivity index (χ4n) is 4.04. The molecule has 1 heterocycles. The summed E-state index contributed by atoms with van der Waals surface area (Å²) in [5.41, 5.74) is 2.54. The molecule has 1 aromatic heterocycles. The zero-order valence-electron chi connectivity index (χ0n) is 17.0. The average Bonchev–Trinajstić information content (AvgIpc) is 3.25. The van der Waals surface area contributed by atoms with Gasteiger partial charge in [-0.05, 0) is 30.3 Å². The maximum absolute atomic E-state index is 12.8. The summed E-state index contributed by atoms with van der Waals surface area (Å²) in [4.78, 5) is 50.5. The van der Waals surface area contributed by atoms with E-state index in [4.69, 9.17) is 0 Å². The average molecular weight is 422 g/mol. The number of para-hydroxylation sites is 1. The number of carbonyl (C=O) groups is 4. The van der Waals surface area contributed by atoms with Gasteiger partial charge in [-0.3, -0.25) is 23.7 Å². The van der Waals surface area contributed by atoms with Gasteiger partial charge in [0.1, 0.15) is 0 Å². The van der Waals surface area contributed by atoms with E-state index in [9.17, 15) is 19.2 Å². The summed E-state index contributed by atoms with van der Waals surface area (Å²) in [5.74, 6) is -0.979. The molecule has 32 heavy (non-hydrogen) atoms. The molecule has 6 nitrogen and oxygen atoms in total. The lowest BCUT2D eigenvalue weighted by molar-refractivity contribution is -0.116. The molecule has 0 aliphatic heterocycles. The fourth-order valence-corrected chi connectivity index (χ4v) is 4.04. The summed E-state index contributed by atoms with van der Waals surface area (Å²) in [6.45, 7) is 0. The van der Waals surface area contributed by atoms with Gasteiger partial charge in [-0.2, -0.15) is 0 Å². The van der Waals surface area contributed by atoms with E-state index in [1.165, 1.54) is 6.07 Å². The minimum atomic E-state index is -0.343. The quantitative estimate of drug-likeness (QED) is 0.463. The van der Waals surface area contributed by atoms with E-state index in [-0.39, 0.29) is 41.8 Å². The molecule has 1 amide bonds. The van der Waals surface area contributed by atoms with E-state index < -0.39 is 0 Å². The predicted molar refractivity (Wildman–Crippen MR) is 120 cm³/mol. The monoisotopic (exact) mass is 422 g/mol. The van der Waals surface area contributed by atoms with Gasteiger partial charge in [0.05, 0.1) is 5.52 Å². The number of nitrogens with zero attached hydrogens (tertiary/aromatic N) is 1. The van der Waals surface area contributed by atoms with Crippen LogP contribution in [0, 0.1) is 0 Å². The highest BCUT2D eigenvalue weighted by Gasteiger charge is 2.29. The van der Waals surface area contributed by atoms with Crippen LogP contribution < -0.4 is 5.32 Å². The van der Waals surface area contributed by atoms with E-state index in [1.54, 1.807) is 47.2 Å². The van der Waals surface area contributed by atoms with Crippen molar-refractivity contribution < 1.29 is 19.2 Å². The molecule has 0 saturated carbocycles. The molecule has 0 unspecified atom stereocenters. The number of aromatic nitrogens is 1. The first-order valence-corrected chi connectivity index (χ1v) is 10.2. The van der Waals surface area contributed by atoms with Gasteiger partial charge < -0.3 is 5.32 Å². The Balaban J connectivity index is 1.29. The lowest BCUT2D eigenvalue weighted by Crippen LogP contribution is -2.21. The van der Waals surface area contributed by atoms with Crippen molar-refractivity contribution >= 4 is 40.0 Å². The van der Waals surface area contributed by atoms with Crippen LogP contribution in [0.4, 0.5) is 5.69 Å². The Hall–Kier alpha value is -4.32. The number of fused-ring (bicyclic) bond motifs is 3. The lowest BCUT2D eigenvalue weighted by Gasteiger charge is -2.18. The second-order valence-electron chi connectivity index (χ2n) is 7.65. The molecule has 5 rings (SSSR count). The molecule has 6 heteroatoms. The number of hydrogen-bond donors (Lipinski definition) is 1. The predicted octanol–water partition coefficient (Wildman–Crippen LogP) is 4.48. The number of amides is 1. The fraction of sp³-hybridized carbons (Fsp3) is 0.0769. The van der Waals surface area contributed by atoms with Crippen molar-refractivity contribution in [1.29, 1.82) is 0 Å². The summed E-state index contributed by atoms with van der Waals surface area (Å²) in [6, 6.07) is 20.8. The van der Waals surface area contributed by atoms with Gasteiger partial charge in [-0.15, -0.1) is 0 Å². The van der Waals surface area contributed by atoms with Crippen molar-refractivity contribution in [1.82, 2.24) is 4.57 Å². The summed E-state index contributed by atoms with van der Waals surface area (Å²) < 4.78 is 1.54. The molecule has 0 saturated heterocycles. The van der Waals surface area contributed by atoms with Crippen LogP contribution in [0.2, 0.25) is 0 Å². The van der Waals surface area contributed by atoms with E-state index in [0.29, 0.717) is 22.4 Å². The third kappa shape index (κ3) is 3.32. The van der Waals surface area contributed by atoms with Gasteiger partial charge in [-0.1, -0.05) is 42.5 Å². The molecule has 0 atom stereocenters. The first-order valence-electron chi connectivity index (χ1n) is 10.2. The van der Waals surface area contributed by atoms with Gasteiger partial charge in [0.2, 0.25) is 11.8 Å². The maximum Gasteiger partial charge on any atom is 0.231 e. The topological polar surface area (TPSA) is 85.2 Å². The number of benzene rings is 3. The molecular formula is C26H18N2O4. The van der Waals surface area contributed by atoms with Crippen molar-refractivity contribution in [2.24, 2.45) is 0 Å². The Labute approximate surface area is 183 Å². The smallest absolute Gasteiger partial charge is 0.231 e. The van der Waals surface area contributed by atoms with Crippen molar-refractivity contribution in [2.45, 2.75) is 12.8 Å². The molecular weight excluding hydrogens is 404 g/mol. The Morgan fingerprint density at radius 3 is 2.16 bits per heavy atom. The zero-order valence-corrected chi connectivity index (χ0v) is 17.0. The SMILES string of the molecule is O=C(CCC(=O)n1ccc2ccccc21)Nc1ccc2c(c1)C(=O)c1ccccc1C2=O. The number of rotatable bonds is 4. The van der Waals surface area contributed by atoms with Crippen molar-refractivity contribution in [3.63, 3.8) is 0 Å². The van der Waals surface area contributed by atoms with Crippen LogP contribution in [-0.2, 0) is 4.79 Å². The third-order valence-electron chi connectivity index (χ3n) is 5.64. The van der Waals surface area contributed by atoms with Crippen LogP contribution in [0.25, 0.3) is 10.9 Å². The molecule has 1 aliphatic rings. The molecule has 1 aliphatic carbocycles. The molecule has 156 valence electrons. The van der Waals surface area contributed by atoms with Gasteiger partial charge in [0, 0.05) is 52.4 Å². The molecule has 3 aromatic carbocycles. The van der Waals surface area contributed by atoms with Crippen LogP contribution in [-0.4, -0.2) is 27.9 Å². The standard InChI is InChI=1S/C26H18N2O4/c29-23(11-12-24(30)28-14-13-16-5-1-4-8-22(16)28)27-17-9-10-20-21(15-17)26(32)19-7-3-2-6-18(19)25(20)31/h1-10,13-15H,11-12H2,(H,27,29). The number of nitrogens with one attached hydrogen (secondary N) is 1. The van der Waals surface area contributed by atoms with Crippen molar-refractivity contribution in [3.05, 3.63) is 101 Å². The van der Waals surface area contributed by atoms with Gasteiger partial charge in [-0.25, -0.2) is 0 Å². The summed E-state index contributed by atoms with van der Waals surface area (Å²) in [5, 5.41) is 3.68. The van der Waals surface area contributed by atoms with Gasteiger partial charge in [0.25, 0.3) is 0 Å². The maximum atomic E-state index is 12.8. The molecule has 1 N–H and O–H groups in total. The number of anilines is 1. The third-order valence-corrected chi connectivity index (χ3v) is 5.64. The van der Waals surface area contributed by atoms with E-state index in [2.05, 4.69) is 5.32 Å². The van der Waals surface area contributed by atoms with Gasteiger partial charge in [0.15, 0.2) is 11.6 Å². The molecule has 0 radical (unpaired) electrons. The minimum absolute atomic E-state index is 0.00185.